The maximum Gasteiger partial charge on any atom is 0.269 e. The monoisotopic (exact) mass is 193 g/mol. The third-order valence-corrected chi connectivity index (χ3v) is 3.63. The maximum absolute atomic E-state index is 11.0. The second kappa shape index (κ2) is 2.84. The van der Waals surface area contributed by atoms with Crippen molar-refractivity contribution in [1.82, 2.24) is 14.9 Å². The molecule has 0 saturated heterocycles. The van der Waals surface area contributed by atoms with E-state index in [9.17, 15) is 8.42 Å². The van der Waals surface area contributed by atoms with Crippen LogP contribution in [0, 0.1) is 6.92 Å². The zero-order valence-corrected chi connectivity index (χ0v) is 7.66. The quantitative estimate of drug-likeness (QED) is 0.703. The van der Waals surface area contributed by atoms with Gasteiger partial charge in [-0.25, -0.2) is 13.1 Å². The third-order valence-electron chi connectivity index (χ3n) is 1.01. The Morgan fingerprint density at radius 3 is 2.45 bits per heavy atom. The Hall–Kier alpha value is -0.530. The molecule has 1 N–H and O–H groups in total. The van der Waals surface area contributed by atoms with Gasteiger partial charge in [-0.3, -0.25) is 0 Å². The Bertz CT molecular complexity index is 342. The molecule has 0 aromatic carbocycles. The van der Waals surface area contributed by atoms with Gasteiger partial charge >= 0.3 is 0 Å². The van der Waals surface area contributed by atoms with E-state index in [1.54, 1.807) is 6.92 Å². The van der Waals surface area contributed by atoms with Crippen molar-refractivity contribution in [3.8, 4) is 0 Å². The van der Waals surface area contributed by atoms with Crippen LogP contribution in [0.3, 0.4) is 0 Å². The Balaban J connectivity index is 3.13. The summed E-state index contributed by atoms with van der Waals surface area (Å²) >= 11 is 1.05. The summed E-state index contributed by atoms with van der Waals surface area (Å²) in [6.07, 6.45) is 0. The average molecular weight is 193 g/mol. The summed E-state index contributed by atoms with van der Waals surface area (Å²) in [5, 5.41) is 7.69. The van der Waals surface area contributed by atoms with E-state index in [4.69, 9.17) is 0 Å². The molecule has 0 saturated carbocycles. The topological polar surface area (TPSA) is 72.0 Å². The normalized spacial score (nSPS) is 11.8. The highest BCUT2D eigenvalue weighted by atomic mass is 32.2. The standard InChI is InChI=1S/C4H7N3O2S2/c1-3-6-7-4(10-3)11(8,9)5-2/h5H,1-2H3. The minimum Gasteiger partial charge on any atom is -0.212 e. The van der Waals surface area contributed by atoms with Gasteiger partial charge < -0.3 is 0 Å². The molecule has 0 aliphatic heterocycles. The highest BCUT2D eigenvalue weighted by Gasteiger charge is 2.15. The number of nitrogens with zero attached hydrogens (tertiary/aromatic N) is 2. The number of aryl methyl sites for hydroxylation is 1. The fourth-order valence-electron chi connectivity index (χ4n) is 0.474. The van der Waals surface area contributed by atoms with E-state index >= 15 is 0 Å². The summed E-state index contributed by atoms with van der Waals surface area (Å²) in [6, 6.07) is 0. The minimum atomic E-state index is -3.38. The van der Waals surface area contributed by atoms with Crippen LogP contribution in [0.25, 0.3) is 0 Å². The molecule has 0 bridgehead atoms. The number of aromatic nitrogens is 2. The molecule has 0 atom stereocenters. The summed E-state index contributed by atoms with van der Waals surface area (Å²) in [5.41, 5.74) is 0. The molecule has 1 aromatic heterocycles. The van der Waals surface area contributed by atoms with Gasteiger partial charge in [0.25, 0.3) is 10.0 Å². The van der Waals surface area contributed by atoms with E-state index in [0.29, 0.717) is 5.01 Å². The first-order valence-electron chi connectivity index (χ1n) is 2.80. The molecule has 1 heterocycles. The van der Waals surface area contributed by atoms with Gasteiger partial charge in [-0.05, 0) is 14.0 Å². The largest absolute Gasteiger partial charge is 0.269 e. The Morgan fingerprint density at radius 2 is 2.09 bits per heavy atom. The predicted octanol–water partition coefficient (Wildman–Crippen LogP) is -0.245. The molecule has 62 valence electrons. The van der Waals surface area contributed by atoms with Crippen molar-refractivity contribution in [3.63, 3.8) is 0 Å². The van der Waals surface area contributed by atoms with Crippen LogP contribution >= 0.6 is 11.3 Å². The first kappa shape index (κ1) is 8.57. The van der Waals surface area contributed by atoms with E-state index in [1.165, 1.54) is 7.05 Å². The van der Waals surface area contributed by atoms with Gasteiger partial charge in [-0.2, -0.15) is 0 Å². The lowest BCUT2D eigenvalue weighted by Crippen LogP contribution is -2.18. The fourth-order valence-corrected chi connectivity index (χ4v) is 2.26. The van der Waals surface area contributed by atoms with Crippen LogP contribution in [0.1, 0.15) is 5.01 Å². The molecule has 0 aliphatic rings. The molecule has 7 heteroatoms. The van der Waals surface area contributed by atoms with Crippen molar-refractivity contribution in [2.75, 3.05) is 7.05 Å². The van der Waals surface area contributed by atoms with Crippen LogP contribution in [-0.4, -0.2) is 25.7 Å². The molecule has 0 aliphatic carbocycles. The van der Waals surface area contributed by atoms with Crippen LogP contribution < -0.4 is 4.72 Å². The van der Waals surface area contributed by atoms with Gasteiger partial charge in [-0.1, -0.05) is 11.3 Å². The van der Waals surface area contributed by atoms with Crippen molar-refractivity contribution in [2.45, 2.75) is 11.3 Å². The van der Waals surface area contributed by atoms with Crippen molar-refractivity contribution in [1.29, 1.82) is 0 Å². The first-order valence-corrected chi connectivity index (χ1v) is 5.10. The molecular formula is C4H7N3O2S2. The van der Waals surface area contributed by atoms with Gasteiger partial charge in [0.15, 0.2) is 0 Å². The van der Waals surface area contributed by atoms with Crippen molar-refractivity contribution in [2.24, 2.45) is 0 Å². The summed E-state index contributed by atoms with van der Waals surface area (Å²) < 4.78 is 24.2. The minimum absolute atomic E-state index is 0.0116. The SMILES string of the molecule is CNS(=O)(=O)c1nnc(C)s1. The van der Waals surface area contributed by atoms with Crippen LogP contribution in [0.5, 0.6) is 0 Å². The molecule has 5 nitrogen and oxygen atoms in total. The molecule has 0 fully saturated rings. The number of sulfonamides is 1. The van der Waals surface area contributed by atoms with Crippen LogP contribution in [0.2, 0.25) is 0 Å². The summed E-state index contributed by atoms with van der Waals surface area (Å²) in [4.78, 5) is 0. The van der Waals surface area contributed by atoms with E-state index < -0.39 is 10.0 Å². The lowest BCUT2D eigenvalue weighted by Gasteiger charge is -1.92. The molecule has 11 heavy (non-hydrogen) atoms. The smallest absolute Gasteiger partial charge is 0.212 e. The van der Waals surface area contributed by atoms with Gasteiger partial charge in [0.1, 0.15) is 5.01 Å². The van der Waals surface area contributed by atoms with Gasteiger partial charge in [-0.15, -0.1) is 10.2 Å². The molecule has 1 rings (SSSR count). The second-order valence-electron chi connectivity index (χ2n) is 1.79. The fraction of sp³-hybridized carbons (Fsp3) is 0.500. The summed E-state index contributed by atoms with van der Waals surface area (Å²) in [6.45, 7) is 1.70. The molecule has 0 amide bonds. The van der Waals surface area contributed by atoms with E-state index in [0.717, 1.165) is 11.3 Å². The van der Waals surface area contributed by atoms with Gasteiger partial charge in [0, 0.05) is 0 Å². The van der Waals surface area contributed by atoms with Gasteiger partial charge in [0.05, 0.1) is 0 Å². The summed E-state index contributed by atoms with van der Waals surface area (Å²) in [7, 11) is -2.04. The first-order chi connectivity index (χ1) is 5.06. The van der Waals surface area contributed by atoms with Crippen molar-refractivity contribution < 1.29 is 8.42 Å². The lowest BCUT2D eigenvalue weighted by molar-refractivity contribution is 0.586. The predicted molar refractivity (Wildman–Crippen MR) is 40.9 cm³/mol. The van der Waals surface area contributed by atoms with Crippen LogP contribution in [0.4, 0.5) is 0 Å². The summed E-state index contributed by atoms with van der Waals surface area (Å²) in [5.74, 6) is 0. The highest BCUT2D eigenvalue weighted by Crippen LogP contribution is 2.12. The molecule has 0 spiro atoms. The Morgan fingerprint density at radius 1 is 1.45 bits per heavy atom. The maximum atomic E-state index is 11.0. The molecule has 0 unspecified atom stereocenters. The van der Waals surface area contributed by atoms with Gasteiger partial charge in [0.2, 0.25) is 4.34 Å². The highest BCUT2D eigenvalue weighted by molar-refractivity contribution is 7.91. The van der Waals surface area contributed by atoms with Crippen molar-refractivity contribution >= 4 is 21.4 Å². The average Bonchev–Trinajstić information content (AvgIpc) is 2.36. The molecule has 0 radical (unpaired) electrons. The van der Waals surface area contributed by atoms with Crippen LogP contribution in [-0.2, 0) is 10.0 Å². The number of hydrogen-bond donors (Lipinski definition) is 1. The van der Waals surface area contributed by atoms with Crippen LogP contribution in [0.15, 0.2) is 4.34 Å². The van der Waals surface area contributed by atoms with E-state index in [-0.39, 0.29) is 4.34 Å². The Kier molecular flexibility index (Phi) is 2.21. The third kappa shape index (κ3) is 1.73. The second-order valence-corrected chi connectivity index (χ2v) is 5.04. The number of hydrogen-bond acceptors (Lipinski definition) is 5. The zero-order valence-electron chi connectivity index (χ0n) is 6.03. The molecular weight excluding hydrogens is 186 g/mol. The zero-order chi connectivity index (χ0) is 8.48. The number of nitrogens with one attached hydrogen (secondary N) is 1. The van der Waals surface area contributed by atoms with Crippen molar-refractivity contribution in [3.05, 3.63) is 5.01 Å². The Labute approximate surface area is 68.5 Å². The van der Waals surface area contributed by atoms with E-state index in [1.807, 2.05) is 0 Å². The van der Waals surface area contributed by atoms with E-state index in [2.05, 4.69) is 14.9 Å². The number of rotatable bonds is 2. The lowest BCUT2D eigenvalue weighted by atomic mass is 10.9. The molecule has 1 aromatic rings.